The van der Waals surface area contributed by atoms with Crippen molar-refractivity contribution in [3.05, 3.63) is 88.7 Å². The van der Waals surface area contributed by atoms with E-state index in [1.165, 1.54) is 40.0 Å². The number of amides is 2. The number of carbonyl (C=O) groups excluding carboxylic acids is 2. The molecule has 0 aliphatic carbocycles. The number of hydrogen-bond donors (Lipinski definition) is 1. The van der Waals surface area contributed by atoms with Crippen LogP contribution in [0.3, 0.4) is 0 Å². The summed E-state index contributed by atoms with van der Waals surface area (Å²) in [5.41, 5.74) is 0.870. The van der Waals surface area contributed by atoms with Gasteiger partial charge in [0.15, 0.2) is 0 Å². The van der Waals surface area contributed by atoms with E-state index in [2.05, 4.69) is 10.3 Å². The fourth-order valence-electron chi connectivity index (χ4n) is 3.57. The lowest BCUT2D eigenvalue weighted by molar-refractivity contribution is -0.137. The highest BCUT2D eigenvalue weighted by molar-refractivity contribution is 7.12. The first-order valence-corrected chi connectivity index (χ1v) is 12.1. The lowest BCUT2D eigenvalue weighted by atomic mass is 10.2. The second-order valence-electron chi connectivity index (χ2n) is 7.98. The Morgan fingerprint density at radius 1 is 1.05 bits per heavy atom. The third-order valence-corrected chi connectivity index (χ3v) is 6.28. The first kappa shape index (κ1) is 26.1. The maximum atomic E-state index is 13.1. The number of nitrogens with one attached hydrogen (secondary N) is 1. The highest BCUT2D eigenvalue weighted by atomic mass is 32.1. The number of rotatable bonds is 9. The van der Waals surface area contributed by atoms with Crippen LogP contribution in [0.1, 0.15) is 15.2 Å². The molecule has 2 aromatic heterocycles. The molecular weight excluding hydrogens is 505 g/mol. The molecule has 0 fully saturated rings. The van der Waals surface area contributed by atoms with Crippen LogP contribution in [0.5, 0.6) is 0 Å². The van der Waals surface area contributed by atoms with E-state index in [4.69, 9.17) is 4.74 Å². The summed E-state index contributed by atoms with van der Waals surface area (Å²) in [6.07, 6.45) is -2.84. The van der Waals surface area contributed by atoms with Gasteiger partial charge in [-0.25, -0.2) is 4.98 Å². The van der Waals surface area contributed by atoms with Crippen LogP contribution in [0, 0.1) is 0 Å². The number of ether oxygens (including phenoxy) is 1. The highest BCUT2D eigenvalue weighted by Gasteiger charge is 2.30. The first-order valence-electron chi connectivity index (χ1n) is 11.2. The summed E-state index contributed by atoms with van der Waals surface area (Å²) in [5, 5.41) is 4.48. The molecule has 192 valence electrons. The maximum Gasteiger partial charge on any atom is 0.416 e. The van der Waals surface area contributed by atoms with Gasteiger partial charge in [-0.15, -0.1) is 11.3 Å². The van der Waals surface area contributed by atoms with Crippen LogP contribution in [-0.4, -0.2) is 53.1 Å². The summed E-state index contributed by atoms with van der Waals surface area (Å²) in [5.74, 6) is -0.712. The van der Waals surface area contributed by atoms with E-state index < -0.39 is 17.6 Å². The summed E-state index contributed by atoms with van der Waals surface area (Å²) in [6.45, 7) is 0.173. The molecule has 0 saturated heterocycles. The molecule has 0 aliphatic rings. The van der Waals surface area contributed by atoms with Crippen molar-refractivity contribution in [3.8, 4) is 16.9 Å². The average Bonchev–Trinajstić information content (AvgIpc) is 3.57. The number of thiophene rings is 1. The van der Waals surface area contributed by atoms with Crippen molar-refractivity contribution in [1.82, 2.24) is 14.5 Å². The predicted molar refractivity (Wildman–Crippen MR) is 135 cm³/mol. The summed E-state index contributed by atoms with van der Waals surface area (Å²) >= 11 is 1.27. The Morgan fingerprint density at radius 3 is 2.41 bits per heavy atom. The Labute approximate surface area is 215 Å². The Morgan fingerprint density at radius 2 is 1.78 bits per heavy atom. The van der Waals surface area contributed by atoms with Gasteiger partial charge in [-0.3, -0.25) is 19.5 Å². The van der Waals surface area contributed by atoms with Crippen LogP contribution in [-0.2, 0) is 15.7 Å². The van der Waals surface area contributed by atoms with Gasteiger partial charge in [-0.2, -0.15) is 13.2 Å². The standard InChI is InChI=1S/C26H23F3N4O3S/c1-36-14-13-32(24(35)22-8-5-15-37-22)17-23(34)31-25-30-21(18-6-3-2-4-7-18)16-33(25)20-11-9-19(10-12-20)26(27,28)29/h2-12,15-16H,13-14,17H2,1H3,(H,30,31,34). The molecule has 1 N–H and O–H groups in total. The van der Waals surface area contributed by atoms with Crippen LogP contribution in [0.4, 0.5) is 19.1 Å². The van der Waals surface area contributed by atoms with Gasteiger partial charge in [0.2, 0.25) is 11.9 Å². The predicted octanol–water partition coefficient (Wildman–Crippen LogP) is 5.35. The van der Waals surface area contributed by atoms with Gasteiger partial charge in [-0.05, 0) is 35.7 Å². The molecule has 2 heterocycles. The minimum atomic E-state index is -4.47. The number of imidazole rings is 1. The SMILES string of the molecule is COCCN(CC(=O)Nc1nc(-c2ccccc2)cn1-c1ccc(C(F)(F)F)cc1)C(=O)c1cccs1. The van der Waals surface area contributed by atoms with Gasteiger partial charge in [-0.1, -0.05) is 36.4 Å². The van der Waals surface area contributed by atoms with Gasteiger partial charge < -0.3 is 9.64 Å². The number of alkyl halides is 3. The Balaban J connectivity index is 1.62. The molecule has 2 aromatic carbocycles. The minimum Gasteiger partial charge on any atom is -0.383 e. The number of benzene rings is 2. The van der Waals surface area contributed by atoms with E-state index in [0.717, 1.165) is 17.7 Å². The summed E-state index contributed by atoms with van der Waals surface area (Å²) in [4.78, 5) is 32.3. The van der Waals surface area contributed by atoms with E-state index in [-0.39, 0.29) is 31.6 Å². The molecular formula is C26H23F3N4O3S. The van der Waals surface area contributed by atoms with Crippen molar-refractivity contribution in [1.29, 1.82) is 0 Å². The lowest BCUT2D eigenvalue weighted by Gasteiger charge is -2.21. The van der Waals surface area contributed by atoms with E-state index in [1.54, 1.807) is 23.7 Å². The molecule has 0 unspecified atom stereocenters. The van der Waals surface area contributed by atoms with E-state index >= 15 is 0 Å². The summed E-state index contributed by atoms with van der Waals surface area (Å²) in [7, 11) is 1.50. The van der Waals surface area contributed by atoms with Crippen LogP contribution < -0.4 is 5.32 Å². The van der Waals surface area contributed by atoms with Crippen LogP contribution >= 0.6 is 11.3 Å². The topological polar surface area (TPSA) is 76.5 Å². The molecule has 0 spiro atoms. The van der Waals surface area contributed by atoms with Gasteiger partial charge >= 0.3 is 6.18 Å². The molecule has 11 heteroatoms. The highest BCUT2D eigenvalue weighted by Crippen LogP contribution is 2.31. The van der Waals surface area contributed by atoms with Crippen LogP contribution in [0.25, 0.3) is 16.9 Å². The van der Waals surface area contributed by atoms with Gasteiger partial charge in [0, 0.05) is 31.1 Å². The summed E-state index contributed by atoms with van der Waals surface area (Å²) in [6, 6.07) is 17.1. The van der Waals surface area contributed by atoms with Gasteiger partial charge in [0.05, 0.1) is 22.7 Å². The molecule has 0 aliphatic heterocycles. The van der Waals surface area contributed by atoms with Gasteiger partial charge in [0.1, 0.15) is 6.54 Å². The fourth-order valence-corrected chi connectivity index (χ4v) is 4.26. The Hall–Kier alpha value is -3.96. The monoisotopic (exact) mass is 528 g/mol. The lowest BCUT2D eigenvalue weighted by Crippen LogP contribution is -2.40. The summed E-state index contributed by atoms with van der Waals surface area (Å²) < 4.78 is 45.8. The largest absolute Gasteiger partial charge is 0.416 e. The van der Waals surface area contributed by atoms with E-state index in [0.29, 0.717) is 16.3 Å². The number of anilines is 1. The van der Waals surface area contributed by atoms with Crippen molar-refractivity contribution in [3.63, 3.8) is 0 Å². The molecule has 37 heavy (non-hydrogen) atoms. The van der Waals surface area contributed by atoms with Crippen molar-refractivity contribution >= 4 is 29.1 Å². The van der Waals surface area contributed by atoms with Crippen LogP contribution in [0.15, 0.2) is 78.3 Å². The molecule has 0 bridgehead atoms. The van der Waals surface area contributed by atoms with Crippen molar-refractivity contribution in [2.75, 3.05) is 32.1 Å². The number of carbonyl (C=O) groups is 2. The molecule has 2 amide bonds. The Kier molecular flexibility index (Phi) is 8.04. The third-order valence-electron chi connectivity index (χ3n) is 5.42. The molecule has 0 saturated carbocycles. The zero-order chi connectivity index (χ0) is 26.4. The van der Waals surface area contributed by atoms with E-state index in [1.807, 2.05) is 30.3 Å². The maximum absolute atomic E-state index is 13.1. The van der Waals surface area contributed by atoms with Crippen molar-refractivity contribution < 1.29 is 27.5 Å². The molecule has 4 rings (SSSR count). The number of nitrogens with zero attached hydrogens (tertiary/aromatic N) is 3. The number of halogens is 3. The second-order valence-corrected chi connectivity index (χ2v) is 8.92. The van der Waals surface area contributed by atoms with Crippen molar-refractivity contribution in [2.24, 2.45) is 0 Å². The quantitative estimate of drug-likeness (QED) is 0.318. The Bertz CT molecular complexity index is 1340. The smallest absolute Gasteiger partial charge is 0.383 e. The normalized spacial score (nSPS) is 11.4. The zero-order valence-electron chi connectivity index (χ0n) is 19.7. The number of aromatic nitrogens is 2. The number of methoxy groups -OCH3 is 1. The van der Waals surface area contributed by atoms with E-state index in [9.17, 15) is 22.8 Å². The third kappa shape index (κ3) is 6.43. The van der Waals surface area contributed by atoms with Gasteiger partial charge in [0.25, 0.3) is 5.91 Å². The first-order chi connectivity index (χ1) is 17.8. The molecule has 0 radical (unpaired) electrons. The minimum absolute atomic E-state index is 0.110. The molecule has 0 atom stereocenters. The second kappa shape index (κ2) is 11.4. The average molecular weight is 529 g/mol. The fraction of sp³-hybridized carbons (Fsp3) is 0.192. The van der Waals surface area contributed by atoms with Crippen LogP contribution in [0.2, 0.25) is 0 Å². The van der Waals surface area contributed by atoms with Crippen molar-refractivity contribution in [2.45, 2.75) is 6.18 Å². The molecule has 4 aromatic rings. The zero-order valence-corrected chi connectivity index (χ0v) is 20.6. The molecule has 7 nitrogen and oxygen atoms in total. The number of hydrogen-bond acceptors (Lipinski definition) is 5.